The highest BCUT2D eigenvalue weighted by Crippen LogP contribution is 2.10. The number of methoxy groups -OCH3 is 2. The van der Waals surface area contributed by atoms with Crippen LogP contribution in [0.25, 0.3) is 0 Å². The molecule has 1 N–H and O–H groups in total. The van der Waals surface area contributed by atoms with Gasteiger partial charge in [-0.1, -0.05) is 11.6 Å². The van der Waals surface area contributed by atoms with E-state index in [0.717, 1.165) is 0 Å². The van der Waals surface area contributed by atoms with Crippen LogP contribution in [0.2, 0.25) is 5.15 Å². The van der Waals surface area contributed by atoms with Crippen molar-refractivity contribution in [3.05, 3.63) is 29.0 Å². The van der Waals surface area contributed by atoms with Crippen LogP contribution in [0, 0.1) is 0 Å². The number of hydrogen-bond donors (Lipinski definition) is 1. The first-order chi connectivity index (χ1) is 7.69. The fourth-order valence-corrected chi connectivity index (χ4v) is 1.29. The molecule has 0 fully saturated rings. The minimum atomic E-state index is -0.473. The Bertz CT molecular complexity index is 356. The molecule has 0 aromatic carbocycles. The van der Waals surface area contributed by atoms with E-state index in [-0.39, 0.29) is 17.6 Å². The second-order valence-electron chi connectivity index (χ2n) is 2.95. The molecule has 0 aliphatic rings. The van der Waals surface area contributed by atoms with Gasteiger partial charge in [-0.2, -0.15) is 0 Å². The van der Waals surface area contributed by atoms with Crippen LogP contribution in [0.4, 0.5) is 0 Å². The summed E-state index contributed by atoms with van der Waals surface area (Å²) in [6.07, 6.45) is 1.05. The van der Waals surface area contributed by atoms with Crippen LogP contribution < -0.4 is 5.32 Å². The summed E-state index contributed by atoms with van der Waals surface area (Å²) in [6.45, 7) is 0.247. The molecule has 0 saturated heterocycles. The summed E-state index contributed by atoms with van der Waals surface area (Å²) in [4.78, 5) is 15.5. The van der Waals surface area contributed by atoms with E-state index >= 15 is 0 Å². The summed E-state index contributed by atoms with van der Waals surface area (Å²) >= 11 is 5.77. The van der Waals surface area contributed by atoms with Crippen molar-refractivity contribution in [2.24, 2.45) is 0 Å². The fraction of sp³-hybridized carbons (Fsp3) is 0.400. The van der Waals surface area contributed by atoms with E-state index in [1.807, 2.05) is 0 Å². The second-order valence-corrected chi connectivity index (χ2v) is 3.31. The summed E-state index contributed by atoms with van der Waals surface area (Å²) < 4.78 is 9.86. The van der Waals surface area contributed by atoms with Crippen LogP contribution in [0.5, 0.6) is 0 Å². The number of amides is 1. The SMILES string of the molecule is COC(CNC(=O)c1cccnc1Cl)OC. The van der Waals surface area contributed by atoms with Gasteiger partial charge in [-0.25, -0.2) is 4.98 Å². The number of carbonyl (C=O) groups excluding carboxylic acids is 1. The van der Waals surface area contributed by atoms with E-state index in [4.69, 9.17) is 21.1 Å². The van der Waals surface area contributed by atoms with Crippen LogP contribution in [-0.4, -0.2) is 37.9 Å². The average molecular weight is 245 g/mol. The lowest BCUT2D eigenvalue weighted by Crippen LogP contribution is -2.34. The standard InChI is InChI=1S/C10H13ClN2O3/c1-15-8(16-2)6-13-10(14)7-4-3-5-12-9(7)11/h3-5,8H,6H2,1-2H3,(H,13,14). The molecule has 5 nitrogen and oxygen atoms in total. The van der Waals surface area contributed by atoms with E-state index in [0.29, 0.717) is 5.56 Å². The Morgan fingerprint density at radius 2 is 2.25 bits per heavy atom. The fourth-order valence-electron chi connectivity index (χ4n) is 1.09. The van der Waals surface area contributed by atoms with Gasteiger partial charge in [0.2, 0.25) is 0 Å². The third-order valence-electron chi connectivity index (χ3n) is 1.96. The molecule has 0 aliphatic carbocycles. The average Bonchev–Trinajstić information content (AvgIpc) is 2.30. The molecule has 1 amide bonds. The molecule has 0 saturated carbocycles. The van der Waals surface area contributed by atoms with Gasteiger partial charge in [0, 0.05) is 20.4 Å². The van der Waals surface area contributed by atoms with Gasteiger partial charge in [-0.15, -0.1) is 0 Å². The Kier molecular flexibility index (Phi) is 5.18. The minimum absolute atomic E-state index is 0.173. The Balaban J connectivity index is 2.56. The molecule has 1 aromatic heterocycles. The van der Waals surface area contributed by atoms with E-state index < -0.39 is 6.29 Å². The molecule has 0 aliphatic heterocycles. The number of halogens is 1. The van der Waals surface area contributed by atoms with E-state index in [2.05, 4.69) is 10.3 Å². The summed E-state index contributed by atoms with van der Waals surface area (Å²) in [5, 5.41) is 2.80. The third kappa shape index (κ3) is 3.44. The number of ether oxygens (including phenoxy) is 2. The highest BCUT2D eigenvalue weighted by Gasteiger charge is 2.12. The first-order valence-electron chi connectivity index (χ1n) is 4.63. The minimum Gasteiger partial charge on any atom is -0.354 e. The van der Waals surface area contributed by atoms with Gasteiger partial charge in [-0.3, -0.25) is 4.79 Å². The van der Waals surface area contributed by atoms with Crippen molar-refractivity contribution in [3.63, 3.8) is 0 Å². The quantitative estimate of drug-likeness (QED) is 0.622. The van der Waals surface area contributed by atoms with Crippen LogP contribution in [0.15, 0.2) is 18.3 Å². The molecule has 0 bridgehead atoms. The first kappa shape index (κ1) is 12.9. The smallest absolute Gasteiger partial charge is 0.254 e. The maximum Gasteiger partial charge on any atom is 0.254 e. The zero-order valence-electron chi connectivity index (χ0n) is 9.07. The molecule has 1 heterocycles. The van der Waals surface area contributed by atoms with Gasteiger partial charge in [0.25, 0.3) is 5.91 Å². The van der Waals surface area contributed by atoms with Gasteiger partial charge in [-0.05, 0) is 12.1 Å². The molecule has 0 unspecified atom stereocenters. The molecule has 0 radical (unpaired) electrons. The van der Waals surface area contributed by atoms with Crippen molar-refractivity contribution < 1.29 is 14.3 Å². The van der Waals surface area contributed by atoms with Gasteiger partial charge in [0.05, 0.1) is 12.1 Å². The number of rotatable bonds is 5. The highest BCUT2D eigenvalue weighted by atomic mass is 35.5. The largest absolute Gasteiger partial charge is 0.354 e. The Morgan fingerprint density at radius 3 is 2.81 bits per heavy atom. The Morgan fingerprint density at radius 1 is 1.56 bits per heavy atom. The summed E-state index contributed by atoms with van der Waals surface area (Å²) in [5.74, 6) is -0.308. The lowest BCUT2D eigenvalue weighted by Gasteiger charge is -2.14. The molecule has 88 valence electrons. The molecule has 1 aromatic rings. The summed E-state index contributed by atoms with van der Waals surface area (Å²) in [5.41, 5.74) is 0.329. The van der Waals surface area contributed by atoms with Crippen molar-refractivity contribution in [1.29, 1.82) is 0 Å². The van der Waals surface area contributed by atoms with Gasteiger partial charge in [0.1, 0.15) is 5.15 Å². The number of pyridine rings is 1. The van der Waals surface area contributed by atoms with Crippen LogP contribution in [-0.2, 0) is 9.47 Å². The number of aromatic nitrogens is 1. The molecular weight excluding hydrogens is 232 g/mol. The van der Waals surface area contributed by atoms with Crippen LogP contribution in [0.3, 0.4) is 0 Å². The molecular formula is C10H13ClN2O3. The summed E-state index contributed by atoms with van der Waals surface area (Å²) in [6, 6.07) is 3.24. The van der Waals surface area contributed by atoms with E-state index in [9.17, 15) is 4.79 Å². The lowest BCUT2D eigenvalue weighted by atomic mass is 10.2. The number of nitrogens with one attached hydrogen (secondary N) is 1. The maximum absolute atomic E-state index is 11.7. The molecule has 0 atom stereocenters. The maximum atomic E-state index is 11.7. The van der Waals surface area contributed by atoms with Crippen LogP contribution in [0.1, 0.15) is 10.4 Å². The lowest BCUT2D eigenvalue weighted by molar-refractivity contribution is -0.0974. The molecule has 0 spiro atoms. The topological polar surface area (TPSA) is 60.5 Å². The van der Waals surface area contributed by atoms with Crippen molar-refractivity contribution in [3.8, 4) is 0 Å². The van der Waals surface area contributed by atoms with Gasteiger partial charge >= 0.3 is 0 Å². The number of nitrogens with zero attached hydrogens (tertiary/aromatic N) is 1. The van der Waals surface area contributed by atoms with Crippen molar-refractivity contribution in [1.82, 2.24) is 10.3 Å². The van der Waals surface area contributed by atoms with Gasteiger partial charge in [0.15, 0.2) is 6.29 Å². The Hall–Kier alpha value is -1.17. The Labute approximate surface area is 98.7 Å². The third-order valence-corrected chi connectivity index (χ3v) is 2.26. The monoisotopic (exact) mass is 244 g/mol. The van der Waals surface area contributed by atoms with E-state index in [1.54, 1.807) is 12.1 Å². The van der Waals surface area contributed by atoms with Gasteiger partial charge < -0.3 is 14.8 Å². The highest BCUT2D eigenvalue weighted by molar-refractivity contribution is 6.32. The normalized spacial score (nSPS) is 10.5. The van der Waals surface area contributed by atoms with Crippen molar-refractivity contribution >= 4 is 17.5 Å². The zero-order valence-corrected chi connectivity index (χ0v) is 9.82. The van der Waals surface area contributed by atoms with Crippen molar-refractivity contribution in [2.45, 2.75) is 6.29 Å². The molecule has 1 rings (SSSR count). The van der Waals surface area contributed by atoms with Crippen LogP contribution >= 0.6 is 11.6 Å². The predicted molar refractivity (Wildman–Crippen MR) is 59.4 cm³/mol. The van der Waals surface area contributed by atoms with Crippen molar-refractivity contribution in [2.75, 3.05) is 20.8 Å². The van der Waals surface area contributed by atoms with E-state index in [1.165, 1.54) is 20.4 Å². The number of carbonyl (C=O) groups is 1. The molecule has 6 heteroatoms. The summed E-state index contributed by atoms with van der Waals surface area (Å²) in [7, 11) is 2.99. The first-order valence-corrected chi connectivity index (χ1v) is 5.01. The second kappa shape index (κ2) is 6.42. The molecule has 16 heavy (non-hydrogen) atoms. The predicted octanol–water partition coefficient (Wildman–Crippen LogP) is 1.08. The number of hydrogen-bond acceptors (Lipinski definition) is 4. The zero-order chi connectivity index (χ0) is 12.0.